The molecule has 70 valence electrons. The third-order valence-corrected chi connectivity index (χ3v) is 2.80. The molecule has 0 aromatic heterocycles. The minimum absolute atomic E-state index is 0.315. The van der Waals surface area contributed by atoms with Crippen LogP contribution in [0.1, 0.15) is 17.9 Å². The third kappa shape index (κ3) is 1.74. The Labute approximate surface area is 78.4 Å². The predicted octanol–water partition coefficient (Wildman–Crippen LogP) is 1.11. The molecule has 0 spiro atoms. The van der Waals surface area contributed by atoms with Crippen molar-refractivity contribution in [1.29, 1.82) is 0 Å². The largest absolute Gasteiger partial charge is 0.392 e. The molecule has 3 N–H and O–H groups in total. The lowest BCUT2D eigenvalue weighted by atomic mass is 10.1. The van der Waals surface area contributed by atoms with E-state index < -0.39 is 0 Å². The van der Waals surface area contributed by atoms with Crippen LogP contribution in [0.2, 0.25) is 0 Å². The van der Waals surface area contributed by atoms with Gasteiger partial charge in [-0.1, -0.05) is 30.3 Å². The van der Waals surface area contributed by atoms with Crippen LogP contribution < -0.4 is 5.73 Å². The number of benzene rings is 1. The second-order valence-electron chi connectivity index (χ2n) is 3.72. The van der Waals surface area contributed by atoms with Crippen molar-refractivity contribution < 1.29 is 5.11 Å². The van der Waals surface area contributed by atoms with E-state index in [-0.39, 0.29) is 6.10 Å². The number of aliphatic hydroxyl groups excluding tert-OH is 1. The molecular formula is C11H15NO. The molecule has 0 saturated heterocycles. The molecule has 0 bridgehead atoms. The molecule has 3 atom stereocenters. The first-order valence-corrected chi connectivity index (χ1v) is 4.76. The van der Waals surface area contributed by atoms with Gasteiger partial charge in [-0.05, 0) is 23.8 Å². The molecule has 0 aliphatic heterocycles. The van der Waals surface area contributed by atoms with E-state index >= 15 is 0 Å². The molecule has 0 heterocycles. The second-order valence-corrected chi connectivity index (χ2v) is 3.72. The molecule has 2 heteroatoms. The zero-order chi connectivity index (χ0) is 9.26. The summed E-state index contributed by atoms with van der Waals surface area (Å²) < 4.78 is 0. The van der Waals surface area contributed by atoms with E-state index in [4.69, 9.17) is 5.73 Å². The Morgan fingerprint density at radius 1 is 1.38 bits per heavy atom. The predicted molar refractivity (Wildman–Crippen MR) is 52.4 cm³/mol. The van der Waals surface area contributed by atoms with Gasteiger partial charge < -0.3 is 10.8 Å². The van der Waals surface area contributed by atoms with Gasteiger partial charge in [-0.3, -0.25) is 0 Å². The Kier molecular flexibility index (Phi) is 2.34. The quantitative estimate of drug-likeness (QED) is 0.726. The number of rotatable bonds is 3. The van der Waals surface area contributed by atoms with Crippen LogP contribution in [0.15, 0.2) is 30.3 Å². The summed E-state index contributed by atoms with van der Waals surface area (Å²) >= 11 is 0. The first-order valence-electron chi connectivity index (χ1n) is 4.76. The van der Waals surface area contributed by atoms with Gasteiger partial charge in [-0.25, -0.2) is 0 Å². The molecule has 0 amide bonds. The van der Waals surface area contributed by atoms with Gasteiger partial charge in [0.25, 0.3) is 0 Å². The molecule has 3 unspecified atom stereocenters. The van der Waals surface area contributed by atoms with E-state index in [1.165, 1.54) is 5.56 Å². The maximum atomic E-state index is 9.50. The van der Waals surface area contributed by atoms with E-state index in [0.29, 0.717) is 18.4 Å². The Bertz CT molecular complexity index is 273. The van der Waals surface area contributed by atoms with Crippen molar-refractivity contribution >= 4 is 0 Å². The normalized spacial score (nSPS) is 28.5. The molecule has 1 fully saturated rings. The van der Waals surface area contributed by atoms with Gasteiger partial charge in [0.15, 0.2) is 0 Å². The van der Waals surface area contributed by atoms with Crippen LogP contribution in [-0.2, 0) is 0 Å². The van der Waals surface area contributed by atoms with Crippen LogP contribution >= 0.6 is 0 Å². The van der Waals surface area contributed by atoms with Crippen molar-refractivity contribution in [3.8, 4) is 0 Å². The highest BCUT2D eigenvalue weighted by Crippen LogP contribution is 2.49. The molecule has 2 nitrogen and oxygen atoms in total. The lowest BCUT2D eigenvalue weighted by Gasteiger charge is -2.06. The molecule has 1 aromatic carbocycles. The summed E-state index contributed by atoms with van der Waals surface area (Å²) in [6.07, 6.45) is 0.771. The van der Waals surface area contributed by atoms with E-state index in [9.17, 15) is 5.11 Å². The smallest absolute Gasteiger partial charge is 0.0696 e. The fraction of sp³-hybridized carbons (Fsp3) is 0.455. The van der Waals surface area contributed by atoms with Crippen molar-refractivity contribution in [3.05, 3.63) is 35.9 Å². The van der Waals surface area contributed by atoms with Gasteiger partial charge in [0.05, 0.1) is 6.10 Å². The van der Waals surface area contributed by atoms with E-state index in [0.717, 1.165) is 6.42 Å². The molecular weight excluding hydrogens is 162 g/mol. The van der Waals surface area contributed by atoms with Gasteiger partial charge in [0.1, 0.15) is 0 Å². The topological polar surface area (TPSA) is 46.2 Å². The van der Waals surface area contributed by atoms with Crippen molar-refractivity contribution in [2.45, 2.75) is 18.4 Å². The van der Waals surface area contributed by atoms with E-state index in [2.05, 4.69) is 12.1 Å². The Morgan fingerprint density at radius 2 is 2.08 bits per heavy atom. The zero-order valence-corrected chi connectivity index (χ0v) is 7.56. The van der Waals surface area contributed by atoms with Crippen LogP contribution in [0.5, 0.6) is 0 Å². The van der Waals surface area contributed by atoms with Gasteiger partial charge in [0, 0.05) is 6.54 Å². The zero-order valence-electron chi connectivity index (χ0n) is 7.56. The van der Waals surface area contributed by atoms with E-state index in [1.54, 1.807) is 0 Å². The molecule has 1 aromatic rings. The lowest BCUT2D eigenvalue weighted by Crippen LogP contribution is -2.22. The molecule has 1 saturated carbocycles. The van der Waals surface area contributed by atoms with Gasteiger partial charge in [0.2, 0.25) is 0 Å². The minimum Gasteiger partial charge on any atom is -0.392 e. The second kappa shape index (κ2) is 3.48. The van der Waals surface area contributed by atoms with Crippen molar-refractivity contribution in [2.75, 3.05) is 6.54 Å². The number of hydrogen-bond acceptors (Lipinski definition) is 2. The monoisotopic (exact) mass is 177 g/mol. The Balaban J connectivity index is 2.00. The average Bonchev–Trinajstić information content (AvgIpc) is 2.98. The highest BCUT2D eigenvalue weighted by molar-refractivity contribution is 5.26. The molecule has 13 heavy (non-hydrogen) atoms. The maximum Gasteiger partial charge on any atom is 0.0696 e. The highest BCUT2D eigenvalue weighted by atomic mass is 16.3. The fourth-order valence-electron chi connectivity index (χ4n) is 1.90. The summed E-state index contributed by atoms with van der Waals surface area (Å²) in [4.78, 5) is 0. The SMILES string of the molecule is NCC(O)C1CC1c1ccccc1. The number of hydrogen-bond donors (Lipinski definition) is 2. The minimum atomic E-state index is -0.315. The summed E-state index contributed by atoms with van der Waals surface area (Å²) in [5.41, 5.74) is 6.74. The van der Waals surface area contributed by atoms with Crippen LogP contribution in [0.4, 0.5) is 0 Å². The first kappa shape index (κ1) is 8.73. The molecule has 0 radical (unpaired) electrons. The van der Waals surface area contributed by atoms with Crippen molar-refractivity contribution in [2.24, 2.45) is 11.7 Å². The van der Waals surface area contributed by atoms with E-state index in [1.807, 2.05) is 18.2 Å². The summed E-state index contributed by atoms with van der Waals surface area (Å²) in [5, 5.41) is 9.50. The van der Waals surface area contributed by atoms with Crippen LogP contribution in [0, 0.1) is 5.92 Å². The van der Waals surface area contributed by atoms with Crippen LogP contribution in [0.3, 0.4) is 0 Å². The van der Waals surface area contributed by atoms with Crippen molar-refractivity contribution in [1.82, 2.24) is 0 Å². The standard InChI is InChI=1S/C11H15NO/c12-7-11(13)10-6-9(10)8-4-2-1-3-5-8/h1-5,9-11,13H,6-7,12H2. The maximum absolute atomic E-state index is 9.50. The molecule has 1 aliphatic carbocycles. The third-order valence-electron chi connectivity index (χ3n) is 2.80. The summed E-state index contributed by atoms with van der Waals surface area (Å²) in [6.45, 7) is 0.383. The Hall–Kier alpha value is -0.860. The highest BCUT2D eigenvalue weighted by Gasteiger charge is 2.42. The lowest BCUT2D eigenvalue weighted by molar-refractivity contribution is 0.157. The van der Waals surface area contributed by atoms with Crippen molar-refractivity contribution in [3.63, 3.8) is 0 Å². The Morgan fingerprint density at radius 3 is 2.69 bits per heavy atom. The number of aliphatic hydroxyl groups is 1. The van der Waals surface area contributed by atoms with Crippen LogP contribution in [-0.4, -0.2) is 17.8 Å². The first-order chi connectivity index (χ1) is 6.33. The molecule has 1 aliphatic rings. The fourth-order valence-corrected chi connectivity index (χ4v) is 1.90. The van der Waals surface area contributed by atoms with Gasteiger partial charge in [-0.15, -0.1) is 0 Å². The summed E-state index contributed by atoms with van der Waals surface area (Å²) in [6, 6.07) is 10.3. The summed E-state index contributed by atoms with van der Waals surface area (Å²) in [5.74, 6) is 0.937. The average molecular weight is 177 g/mol. The summed E-state index contributed by atoms with van der Waals surface area (Å²) in [7, 11) is 0. The van der Waals surface area contributed by atoms with Gasteiger partial charge in [-0.2, -0.15) is 0 Å². The molecule has 2 rings (SSSR count). The van der Waals surface area contributed by atoms with Gasteiger partial charge >= 0.3 is 0 Å². The number of nitrogens with two attached hydrogens (primary N) is 1. The van der Waals surface area contributed by atoms with Crippen LogP contribution in [0.25, 0.3) is 0 Å².